The fourth-order valence-electron chi connectivity index (χ4n) is 3.48. The zero-order chi connectivity index (χ0) is 12.0. The topological polar surface area (TPSA) is 12.0 Å². The van der Waals surface area contributed by atoms with Crippen LogP contribution in [-0.4, -0.2) is 12.6 Å². The molecule has 1 nitrogen and oxygen atoms in total. The van der Waals surface area contributed by atoms with Gasteiger partial charge in [-0.3, -0.25) is 0 Å². The van der Waals surface area contributed by atoms with Crippen molar-refractivity contribution in [3.8, 4) is 0 Å². The number of hydrogen-bond acceptors (Lipinski definition) is 1. The van der Waals surface area contributed by atoms with Crippen molar-refractivity contribution in [2.45, 2.75) is 72.3 Å². The zero-order valence-electron chi connectivity index (χ0n) is 11.8. The van der Waals surface area contributed by atoms with Gasteiger partial charge < -0.3 is 5.32 Å². The Hall–Kier alpha value is -0.0400. The van der Waals surface area contributed by atoms with Gasteiger partial charge in [-0.1, -0.05) is 53.4 Å². The molecule has 1 N–H and O–H groups in total. The van der Waals surface area contributed by atoms with E-state index in [1.54, 1.807) is 0 Å². The van der Waals surface area contributed by atoms with Crippen molar-refractivity contribution in [2.24, 2.45) is 17.8 Å². The second kappa shape index (κ2) is 7.32. The van der Waals surface area contributed by atoms with Crippen molar-refractivity contribution in [3.63, 3.8) is 0 Å². The molecule has 0 spiro atoms. The van der Waals surface area contributed by atoms with Gasteiger partial charge in [0.05, 0.1) is 0 Å². The highest BCUT2D eigenvalue weighted by Gasteiger charge is 2.33. The van der Waals surface area contributed by atoms with Crippen molar-refractivity contribution in [1.82, 2.24) is 5.32 Å². The lowest BCUT2D eigenvalue weighted by Crippen LogP contribution is -2.43. The molecule has 16 heavy (non-hydrogen) atoms. The molecule has 0 aliphatic heterocycles. The monoisotopic (exact) mass is 225 g/mol. The first-order valence-electron chi connectivity index (χ1n) is 7.47. The van der Waals surface area contributed by atoms with E-state index < -0.39 is 0 Å². The Kier molecular flexibility index (Phi) is 6.41. The third-order valence-corrected chi connectivity index (χ3v) is 4.58. The highest BCUT2D eigenvalue weighted by molar-refractivity contribution is 4.88. The van der Waals surface area contributed by atoms with E-state index in [1.165, 1.54) is 45.1 Å². The number of rotatable bonds is 7. The molecule has 3 atom stereocenters. The van der Waals surface area contributed by atoms with Gasteiger partial charge in [0.15, 0.2) is 0 Å². The van der Waals surface area contributed by atoms with Crippen LogP contribution >= 0.6 is 0 Å². The maximum Gasteiger partial charge on any atom is 0.0126 e. The molecule has 0 radical (unpaired) electrons. The quantitative estimate of drug-likeness (QED) is 0.684. The minimum Gasteiger partial charge on any atom is -0.313 e. The van der Waals surface area contributed by atoms with Crippen LogP contribution in [-0.2, 0) is 0 Å². The Labute approximate surface area is 102 Å². The summed E-state index contributed by atoms with van der Waals surface area (Å²) in [6.07, 6.45) is 8.30. The largest absolute Gasteiger partial charge is 0.313 e. The Bertz CT molecular complexity index is 174. The first kappa shape index (κ1) is 14.0. The molecule has 1 fully saturated rings. The molecule has 0 aromatic rings. The summed E-state index contributed by atoms with van der Waals surface area (Å²) in [5, 5.41) is 3.84. The van der Waals surface area contributed by atoms with Gasteiger partial charge in [0.1, 0.15) is 0 Å². The summed E-state index contributed by atoms with van der Waals surface area (Å²) >= 11 is 0. The maximum atomic E-state index is 3.84. The van der Waals surface area contributed by atoms with Crippen LogP contribution in [0.3, 0.4) is 0 Å². The van der Waals surface area contributed by atoms with Crippen LogP contribution < -0.4 is 5.32 Å². The van der Waals surface area contributed by atoms with Crippen molar-refractivity contribution in [2.75, 3.05) is 6.54 Å². The predicted molar refractivity (Wildman–Crippen MR) is 72.7 cm³/mol. The summed E-state index contributed by atoms with van der Waals surface area (Å²) in [5.74, 6) is 2.77. The van der Waals surface area contributed by atoms with Crippen LogP contribution in [0.4, 0.5) is 0 Å². The maximum absolute atomic E-state index is 3.84. The second-order valence-corrected chi connectivity index (χ2v) is 5.63. The van der Waals surface area contributed by atoms with Gasteiger partial charge in [-0.05, 0) is 37.1 Å². The second-order valence-electron chi connectivity index (χ2n) is 5.63. The lowest BCUT2D eigenvalue weighted by Gasteiger charge is -2.34. The molecule has 0 aromatic heterocycles. The third kappa shape index (κ3) is 3.48. The number of hydrogen-bond donors (Lipinski definition) is 1. The van der Waals surface area contributed by atoms with E-state index in [-0.39, 0.29) is 0 Å². The van der Waals surface area contributed by atoms with Crippen molar-refractivity contribution in [3.05, 3.63) is 0 Å². The van der Waals surface area contributed by atoms with E-state index in [1.807, 2.05) is 0 Å². The van der Waals surface area contributed by atoms with Gasteiger partial charge in [0, 0.05) is 6.04 Å². The van der Waals surface area contributed by atoms with E-state index >= 15 is 0 Å². The predicted octanol–water partition coefficient (Wildman–Crippen LogP) is 4.23. The van der Waals surface area contributed by atoms with Crippen molar-refractivity contribution < 1.29 is 0 Å². The van der Waals surface area contributed by atoms with Crippen LogP contribution in [0.25, 0.3) is 0 Å². The van der Waals surface area contributed by atoms with Crippen molar-refractivity contribution >= 4 is 0 Å². The molecule has 0 aromatic carbocycles. The molecule has 3 unspecified atom stereocenters. The Balaban J connectivity index is 2.60. The normalized spacial score (nSPS) is 27.6. The molecule has 96 valence electrons. The highest BCUT2D eigenvalue weighted by atomic mass is 14.9. The van der Waals surface area contributed by atoms with Gasteiger partial charge >= 0.3 is 0 Å². The first-order chi connectivity index (χ1) is 7.74. The summed E-state index contributed by atoms with van der Waals surface area (Å²) in [6, 6.07) is 0.785. The zero-order valence-corrected chi connectivity index (χ0v) is 11.8. The summed E-state index contributed by atoms with van der Waals surface area (Å²) in [5.41, 5.74) is 0. The lowest BCUT2D eigenvalue weighted by molar-refractivity contribution is 0.211. The molecule has 1 saturated carbocycles. The molecule has 0 bridgehead atoms. The van der Waals surface area contributed by atoms with Crippen molar-refractivity contribution in [1.29, 1.82) is 0 Å². The van der Waals surface area contributed by atoms with E-state index in [9.17, 15) is 0 Å². The fourth-order valence-corrected chi connectivity index (χ4v) is 3.48. The van der Waals surface area contributed by atoms with E-state index in [2.05, 4.69) is 33.0 Å². The third-order valence-electron chi connectivity index (χ3n) is 4.58. The molecular formula is C15H31N. The molecule has 1 rings (SSSR count). The molecule has 1 aliphatic rings. The van der Waals surface area contributed by atoms with E-state index in [0.717, 1.165) is 23.8 Å². The van der Waals surface area contributed by atoms with E-state index in [4.69, 9.17) is 0 Å². The first-order valence-corrected chi connectivity index (χ1v) is 7.47. The standard InChI is InChI=1S/C15H31N/c1-5-11-16-15(13(6-2)7-3)14-10-8-9-12(14)4/h12-16H,5-11H2,1-4H3. The summed E-state index contributed by atoms with van der Waals surface area (Å²) in [4.78, 5) is 0. The SMILES string of the molecule is CCCNC(C(CC)CC)C1CCCC1C. The molecular weight excluding hydrogens is 194 g/mol. The molecule has 0 heterocycles. The van der Waals surface area contributed by atoms with E-state index in [0.29, 0.717) is 0 Å². The summed E-state index contributed by atoms with van der Waals surface area (Å²) in [6.45, 7) is 10.6. The van der Waals surface area contributed by atoms with Crippen LogP contribution in [0.2, 0.25) is 0 Å². The van der Waals surface area contributed by atoms with Crippen LogP contribution in [0.15, 0.2) is 0 Å². The lowest BCUT2D eigenvalue weighted by atomic mass is 9.80. The Morgan fingerprint density at radius 3 is 2.25 bits per heavy atom. The number of nitrogens with one attached hydrogen (secondary N) is 1. The molecule has 0 saturated heterocycles. The average Bonchev–Trinajstić information content (AvgIpc) is 2.71. The molecule has 1 heteroatoms. The highest BCUT2D eigenvalue weighted by Crippen LogP contribution is 2.37. The Morgan fingerprint density at radius 1 is 1.12 bits per heavy atom. The smallest absolute Gasteiger partial charge is 0.0126 e. The van der Waals surface area contributed by atoms with Gasteiger partial charge in [0.25, 0.3) is 0 Å². The summed E-state index contributed by atoms with van der Waals surface area (Å²) in [7, 11) is 0. The minimum atomic E-state index is 0.785. The fraction of sp³-hybridized carbons (Fsp3) is 1.00. The van der Waals surface area contributed by atoms with Gasteiger partial charge in [-0.2, -0.15) is 0 Å². The van der Waals surface area contributed by atoms with Gasteiger partial charge in [-0.25, -0.2) is 0 Å². The van der Waals surface area contributed by atoms with Gasteiger partial charge in [0.2, 0.25) is 0 Å². The summed E-state index contributed by atoms with van der Waals surface area (Å²) < 4.78 is 0. The Morgan fingerprint density at radius 2 is 1.81 bits per heavy atom. The van der Waals surface area contributed by atoms with Gasteiger partial charge in [-0.15, -0.1) is 0 Å². The molecule has 0 amide bonds. The minimum absolute atomic E-state index is 0.785. The van der Waals surface area contributed by atoms with Crippen LogP contribution in [0, 0.1) is 17.8 Å². The van der Waals surface area contributed by atoms with Crippen LogP contribution in [0.5, 0.6) is 0 Å². The van der Waals surface area contributed by atoms with Crippen LogP contribution in [0.1, 0.15) is 66.2 Å². The average molecular weight is 225 g/mol. The molecule has 1 aliphatic carbocycles.